The molecule has 0 aromatic carbocycles. The minimum Gasteiger partial charge on any atom is -0.466 e. The van der Waals surface area contributed by atoms with Crippen LogP contribution in [-0.2, 0) is 23.8 Å². The molecule has 1 saturated heterocycles. The average Bonchev–Trinajstić information content (AvgIpc) is 3.30. The first kappa shape index (κ1) is 60.6. The molecule has 0 radical (unpaired) electrons. The summed E-state index contributed by atoms with van der Waals surface area (Å²) >= 11 is 0. The molecule has 1 aliphatic heterocycles. The molecule has 11 heteroatoms. The van der Waals surface area contributed by atoms with Gasteiger partial charge in [-0.25, -0.2) is 0 Å². The summed E-state index contributed by atoms with van der Waals surface area (Å²) in [6.07, 6.45) is 43.4. The second-order valence-electron chi connectivity index (χ2n) is 18.2. The number of unbranched alkanes of at least 4 members (excludes halogenated alkanes) is 24. The lowest BCUT2D eigenvalue weighted by molar-refractivity contribution is -0.302. The topological polar surface area (TPSA) is 175 Å². The zero-order chi connectivity index (χ0) is 47.4. The van der Waals surface area contributed by atoms with Gasteiger partial charge in [-0.3, -0.25) is 9.59 Å². The van der Waals surface area contributed by atoms with E-state index in [1.54, 1.807) is 6.08 Å². The van der Waals surface area contributed by atoms with Crippen LogP contribution < -0.4 is 5.32 Å². The van der Waals surface area contributed by atoms with Crippen LogP contribution in [-0.4, -0.2) is 100 Å². The summed E-state index contributed by atoms with van der Waals surface area (Å²) in [5, 5.41) is 54.1. The quantitative estimate of drug-likeness (QED) is 0.0196. The van der Waals surface area contributed by atoms with Crippen molar-refractivity contribution in [3.8, 4) is 0 Å². The molecule has 0 aromatic heterocycles. The number of nitrogens with one attached hydrogen (secondary N) is 1. The summed E-state index contributed by atoms with van der Waals surface area (Å²) in [4.78, 5) is 25.0. The van der Waals surface area contributed by atoms with Gasteiger partial charge in [0.05, 0.1) is 32.0 Å². The van der Waals surface area contributed by atoms with E-state index in [-0.39, 0.29) is 24.9 Å². The fraction of sp³-hybridized carbons (Fsp3) is 0.815. The first-order valence-electron chi connectivity index (χ1n) is 26.4. The summed E-state index contributed by atoms with van der Waals surface area (Å²) in [7, 11) is 0. The predicted octanol–water partition coefficient (Wildman–Crippen LogP) is 10.9. The molecule has 11 nitrogen and oxygen atoms in total. The third-order valence-electron chi connectivity index (χ3n) is 12.2. The molecule has 0 aromatic rings. The molecular weight excluding hydrogens is 823 g/mol. The molecule has 0 spiro atoms. The summed E-state index contributed by atoms with van der Waals surface area (Å²) in [6, 6.07) is -0.871. The van der Waals surface area contributed by atoms with Crippen LogP contribution in [0, 0.1) is 0 Å². The predicted molar refractivity (Wildman–Crippen MR) is 264 cm³/mol. The van der Waals surface area contributed by atoms with Gasteiger partial charge in [0, 0.05) is 12.8 Å². The Morgan fingerprint density at radius 3 is 1.65 bits per heavy atom. The maximum absolute atomic E-state index is 13.0. The summed E-state index contributed by atoms with van der Waals surface area (Å²) in [5.74, 6) is -0.315. The molecule has 378 valence electrons. The molecule has 0 aliphatic carbocycles. The lowest BCUT2D eigenvalue weighted by Gasteiger charge is -2.40. The standard InChI is InChI=1S/C54H97NO10/c1-3-5-7-9-11-13-15-17-21-24-28-32-36-40-47(57)46(45-64-54-53(62)52(61)51(60)48(44-56)65-54)55-49(58)41-37-33-29-25-22-18-16-19-23-27-31-35-39-43-63-50(59)42-38-34-30-26-20-14-12-10-8-6-4-2/h18,21-22,24,29,33,36,40,46-48,51-54,56-57,60-62H,3-17,19-20,23,25-28,30-32,34-35,37-39,41-45H2,1-2H3,(H,55,58)/b22-18-,24-21+,33-29-,40-36+. The van der Waals surface area contributed by atoms with Crippen LogP contribution in [0.5, 0.6) is 0 Å². The van der Waals surface area contributed by atoms with E-state index in [0.717, 1.165) is 70.6 Å². The third-order valence-corrected chi connectivity index (χ3v) is 12.2. The molecule has 7 unspecified atom stereocenters. The number of esters is 1. The highest BCUT2D eigenvalue weighted by Crippen LogP contribution is 2.22. The second-order valence-corrected chi connectivity index (χ2v) is 18.2. The van der Waals surface area contributed by atoms with E-state index in [4.69, 9.17) is 14.2 Å². The van der Waals surface area contributed by atoms with E-state index in [0.29, 0.717) is 19.4 Å². The maximum atomic E-state index is 13.0. The third kappa shape index (κ3) is 34.6. The van der Waals surface area contributed by atoms with E-state index in [1.807, 2.05) is 18.2 Å². The Bertz CT molecular complexity index is 1220. The van der Waals surface area contributed by atoms with Crippen molar-refractivity contribution in [3.05, 3.63) is 48.6 Å². The second kappa shape index (κ2) is 44.1. The molecule has 7 atom stereocenters. The van der Waals surface area contributed by atoms with Gasteiger partial charge < -0.3 is 45.1 Å². The van der Waals surface area contributed by atoms with Gasteiger partial charge in [-0.1, -0.05) is 191 Å². The first-order chi connectivity index (χ1) is 31.7. The van der Waals surface area contributed by atoms with E-state index in [1.165, 1.54) is 116 Å². The Morgan fingerprint density at radius 1 is 0.569 bits per heavy atom. The van der Waals surface area contributed by atoms with Crippen molar-refractivity contribution < 1.29 is 49.3 Å². The number of hydrogen-bond donors (Lipinski definition) is 6. The van der Waals surface area contributed by atoms with E-state index in [2.05, 4.69) is 43.5 Å². The zero-order valence-corrected chi connectivity index (χ0v) is 41.2. The number of hydrogen-bond acceptors (Lipinski definition) is 10. The van der Waals surface area contributed by atoms with Crippen LogP contribution in [0.3, 0.4) is 0 Å². The lowest BCUT2D eigenvalue weighted by Crippen LogP contribution is -2.60. The number of aliphatic hydroxyl groups excluding tert-OH is 5. The number of carbonyl (C=O) groups excluding carboxylic acids is 2. The molecule has 1 fully saturated rings. The zero-order valence-electron chi connectivity index (χ0n) is 41.2. The highest BCUT2D eigenvalue weighted by Gasteiger charge is 2.44. The molecule has 0 saturated carbocycles. The van der Waals surface area contributed by atoms with Gasteiger partial charge in [0.15, 0.2) is 6.29 Å². The Kier molecular flexibility index (Phi) is 41.2. The molecule has 6 N–H and O–H groups in total. The number of carbonyl (C=O) groups is 2. The van der Waals surface area contributed by atoms with E-state index < -0.39 is 49.5 Å². The Labute approximate surface area is 396 Å². The molecule has 1 aliphatic rings. The van der Waals surface area contributed by atoms with Crippen molar-refractivity contribution >= 4 is 11.9 Å². The van der Waals surface area contributed by atoms with Crippen LogP contribution in [0.4, 0.5) is 0 Å². The molecule has 1 heterocycles. The van der Waals surface area contributed by atoms with Crippen molar-refractivity contribution in [1.29, 1.82) is 0 Å². The van der Waals surface area contributed by atoms with Crippen LogP contribution in [0.2, 0.25) is 0 Å². The molecule has 1 amide bonds. The molecule has 65 heavy (non-hydrogen) atoms. The maximum Gasteiger partial charge on any atom is 0.305 e. The van der Waals surface area contributed by atoms with Gasteiger partial charge in [0.25, 0.3) is 0 Å². The van der Waals surface area contributed by atoms with Crippen molar-refractivity contribution in [3.63, 3.8) is 0 Å². The molecule has 1 rings (SSSR count). The van der Waals surface area contributed by atoms with Crippen LogP contribution in [0.15, 0.2) is 48.6 Å². The molecular formula is C54H97NO10. The number of allylic oxidation sites excluding steroid dienone is 7. The van der Waals surface area contributed by atoms with Crippen LogP contribution >= 0.6 is 0 Å². The fourth-order valence-electron chi connectivity index (χ4n) is 7.91. The highest BCUT2D eigenvalue weighted by atomic mass is 16.7. The van der Waals surface area contributed by atoms with Gasteiger partial charge in [0.1, 0.15) is 24.4 Å². The number of rotatable bonds is 44. The van der Waals surface area contributed by atoms with Gasteiger partial charge in [-0.2, -0.15) is 0 Å². The van der Waals surface area contributed by atoms with Gasteiger partial charge in [0.2, 0.25) is 5.91 Å². The summed E-state index contributed by atoms with van der Waals surface area (Å²) < 4.78 is 16.6. The smallest absolute Gasteiger partial charge is 0.305 e. The Balaban J connectivity index is 2.26. The van der Waals surface area contributed by atoms with E-state index >= 15 is 0 Å². The van der Waals surface area contributed by atoms with Gasteiger partial charge in [-0.05, 0) is 64.2 Å². The monoisotopic (exact) mass is 920 g/mol. The minimum atomic E-state index is -1.59. The van der Waals surface area contributed by atoms with Crippen molar-refractivity contribution in [2.24, 2.45) is 0 Å². The van der Waals surface area contributed by atoms with Gasteiger partial charge in [-0.15, -0.1) is 0 Å². The van der Waals surface area contributed by atoms with E-state index in [9.17, 15) is 35.1 Å². The van der Waals surface area contributed by atoms with Gasteiger partial charge >= 0.3 is 5.97 Å². The van der Waals surface area contributed by atoms with Crippen LogP contribution in [0.25, 0.3) is 0 Å². The Hall–Kier alpha value is -2.38. The Morgan fingerprint density at radius 2 is 1.06 bits per heavy atom. The summed E-state index contributed by atoms with van der Waals surface area (Å²) in [6.45, 7) is 4.20. The fourth-order valence-corrected chi connectivity index (χ4v) is 7.91. The number of aliphatic hydroxyl groups is 5. The van der Waals surface area contributed by atoms with Crippen molar-refractivity contribution in [1.82, 2.24) is 5.32 Å². The van der Waals surface area contributed by atoms with Crippen LogP contribution in [0.1, 0.15) is 219 Å². The van der Waals surface area contributed by atoms with Crippen molar-refractivity contribution in [2.75, 3.05) is 19.8 Å². The molecule has 0 bridgehead atoms. The minimum absolute atomic E-state index is 0.0415. The average molecular weight is 920 g/mol. The summed E-state index contributed by atoms with van der Waals surface area (Å²) in [5.41, 5.74) is 0. The SMILES string of the molecule is CCCCCCCCC/C=C/CC/C=C/C(O)C(COC1OC(CO)C(O)C(O)C1O)NC(=O)CC/C=C\C/C=C\CCCCCCCCOC(=O)CCCCCCCCCCCCC. The number of amides is 1. The first-order valence-corrected chi connectivity index (χ1v) is 26.4. The largest absolute Gasteiger partial charge is 0.466 e. The number of ether oxygens (including phenoxy) is 3. The highest BCUT2D eigenvalue weighted by molar-refractivity contribution is 5.76. The lowest BCUT2D eigenvalue weighted by atomic mass is 9.99. The normalized spacial score (nSPS) is 20.1. The van der Waals surface area contributed by atoms with Crippen molar-refractivity contribution in [2.45, 2.75) is 262 Å².